The van der Waals surface area contributed by atoms with Gasteiger partial charge in [-0.1, -0.05) is 6.92 Å². The average molecular weight is 411 g/mol. The molecule has 0 aromatic heterocycles. The summed E-state index contributed by atoms with van der Waals surface area (Å²) in [5.41, 5.74) is 0.241. The van der Waals surface area contributed by atoms with Crippen molar-refractivity contribution in [3.05, 3.63) is 0 Å². The van der Waals surface area contributed by atoms with E-state index >= 15 is 0 Å². The summed E-state index contributed by atoms with van der Waals surface area (Å²) >= 11 is 0. The molecule has 0 bridgehead atoms. The maximum Gasteiger partial charge on any atom is 0.193 e. The molecule has 0 amide bonds. The van der Waals surface area contributed by atoms with Crippen LogP contribution in [0.3, 0.4) is 0 Å². The predicted molar refractivity (Wildman–Crippen MR) is 96.5 cm³/mol. The van der Waals surface area contributed by atoms with Gasteiger partial charge in [0.15, 0.2) is 5.96 Å². The number of likely N-dealkylation sites (tertiary alicyclic amines) is 1. The third-order valence-electron chi connectivity index (χ3n) is 3.99. The number of hydrogen-bond acceptors (Lipinski definition) is 3. The molecule has 0 aliphatic carbocycles. The van der Waals surface area contributed by atoms with E-state index in [0.29, 0.717) is 5.92 Å². The van der Waals surface area contributed by atoms with Gasteiger partial charge in [-0.25, -0.2) is 0 Å². The van der Waals surface area contributed by atoms with E-state index in [2.05, 4.69) is 31.0 Å². The minimum atomic E-state index is 0. The lowest BCUT2D eigenvalue weighted by Gasteiger charge is -2.37. The van der Waals surface area contributed by atoms with E-state index < -0.39 is 0 Å². The summed E-state index contributed by atoms with van der Waals surface area (Å²) in [6.45, 7) is 13.7. The standard InChI is InChI=1S/C15H29N3O2.HI/c1-4-16-14(17-10-15(3)11-20-12-15)18-7-6-13(8-18)9-19-5-2;/h13H,4-12H2,1-3H3,(H,16,17);1H. The summed E-state index contributed by atoms with van der Waals surface area (Å²) in [6.07, 6.45) is 1.20. The molecule has 2 fully saturated rings. The molecule has 1 N–H and O–H groups in total. The molecule has 1 atom stereocenters. The molecule has 6 heteroatoms. The van der Waals surface area contributed by atoms with Gasteiger partial charge in [0.2, 0.25) is 0 Å². The van der Waals surface area contributed by atoms with Crippen LogP contribution in [0.15, 0.2) is 4.99 Å². The third-order valence-corrected chi connectivity index (χ3v) is 3.99. The van der Waals surface area contributed by atoms with Gasteiger partial charge in [-0.3, -0.25) is 4.99 Å². The number of ether oxygens (including phenoxy) is 2. The van der Waals surface area contributed by atoms with Crippen LogP contribution < -0.4 is 5.32 Å². The van der Waals surface area contributed by atoms with Crippen molar-refractivity contribution in [1.29, 1.82) is 0 Å². The quantitative estimate of drug-likeness (QED) is 0.413. The number of nitrogens with zero attached hydrogens (tertiary/aromatic N) is 2. The van der Waals surface area contributed by atoms with Gasteiger partial charge in [0.05, 0.1) is 26.4 Å². The molecule has 0 aromatic rings. The normalized spacial score (nSPS) is 24.4. The predicted octanol–water partition coefficient (Wildman–Crippen LogP) is 1.96. The molecule has 2 aliphatic heterocycles. The van der Waals surface area contributed by atoms with Gasteiger partial charge in [-0.05, 0) is 20.3 Å². The van der Waals surface area contributed by atoms with E-state index in [1.54, 1.807) is 0 Å². The summed E-state index contributed by atoms with van der Waals surface area (Å²) in [6, 6.07) is 0. The second kappa shape index (κ2) is 9.15. The van der Waals surface area contributed by atoms with Crippen molar-refractivity contribution in [2.75, 3.05) is 52.6 Å². The van der Waals surface area contributed by atoms with Crippen molar-refractivity contribution in [2.45, 2.75) is 27.2 Å². The van der Waals surface area contributed by atoms with Gasteiger partial charge in [-0.2, -0.15) is 0 Å². The molecule has 2 heterocycles. The maximum absolute atomic E-state index is 5.54. The summed E-state index contributed by atoms with van der Waals surface area (Å²) in [7, 11) is 0. The SMILES string of the molecule is CCNC(=NCC1(C)COC1)N1CCC(COCC)C1.I. The lowest BCUT2D eigenvalue weighted by Crippen LogP contribution is -2.45. The molecule has 2 saturated heterocycles. The summed E-state index contributed by atoms with van der Waals surface area (Å²) < 4.78 is 10.8. The van der Waals surface area contributed by atoms with E-state index in [0.717, 1.165) is 58.6 Å². The number of guanidine groups is 1. The van der Waals surface area contributed by atoms with Crippen LogP contribution in [0, 0.1) is 11.3 Å². The van der Waals surface area contributed by atoms with Gasteiger partial charge < -0.3 is 19.7 Å². The molecular formula is C15H30IN3O2. The fraction of sp³-hybridized carbons (Fsp3) is 0.933. The molecule has 1 unspecified atom stereocenters. The Bertz CT molecular complexity index is 335. The van der Waals surface area contributed by atoms with Crippen LogP contribution in [0.1, 0.15) is 27.2 Å². The molecule has 21 heavy (non-hydrogen) atoms. The second-order valence-corrected chi connectivity index (χ2v) is 6.23. The van der Waals surface area contributed by atoms with E-state index in [-0.39, 0.29) is 29.4 Å². The van der Waals surface area contributed by atoms with Gasteiger partial charge in [0.25, 0.3) is 0 Å². The van der Waals surface area contributed by atoms with Crippen LogP contribution in [0.5, 0.6) is 0 Å². The molecule has 0 radical (unpaired) electrons. The topological polar surface area (TPSA) is 46.1 Å². The molecule has 0 spiro atoms. The highest BCUT2D eigenvalue weighted by Crippen LogP contribution is 2.27. The molecule has 5 nitrogen and oxygen atoms in total. The Hall–Kier alpha value is -0.0800. The number of aliphatic imine (C=N–C) groups is 1. The van der Waals surface area contributed by atoms with Crippen molar-refractivity contribution in [3.8, 4) is 0 Å². The highest BCUT2D eigenvalue weighted by atomic mass is 127. The van der Waals surface area contributed by atoms with Crippen LogP contribution in [-0.2, 0) is 9.47 Å². The summed E-state index contributed by atoms with van der Waals surface area (Å²) in [4.78, 5) is 7.19. The van der Waals surface area contributed by atoms with Crippen LogP contribution in [0.25, 0.3) is 0 Å². The number of rotatable bonds is 6. The van der Waals surface area contributed by atoms with E-state index in [1.807, 2.05) is 0 Å². The molecule has 0 aromatic carbocycles. The zero-order chi connectivity index (χ0) is 14.4. The fourth-order valence-electron chi connectivity index (χ4n) is 2.68. The van der Waals surface area contributed by atoms with Crippen LogP contribution in [-0.4, -0.2) is 63.5 Å². The van der Waals surface area contributed by atoms with E-state index in [1.165, 1.54) is 6.42 Å². The highest BCUT2D eigenvalue weighted by Gasteiger charge is 2.33. The van der Waals surface area contributed by atoms with Gasteiger partial charge in [0.1, 0.15) is 0 Å². The Morgan fingerprint density at radius 2 is 2.19 bits per heavy atom. The fourth-order valence-corrected chi connectivity index (χ4v) is 2.68. The van der Waals surface area contributed by atoms with Crippen molar-refractivity contribution < 1.29 is 9.47 Å². The van der Waals surface area contributed by atoms with Gasteiger partial charge in [-0.15, -0.1) is 24.0 Å². The lowest BCUT2D eigenvalue weighted by molar-refractivity contribution is -0.0945. The first kappa shape index (κ1) is 19.0. The maximum atomic E-state index is 5.54. The van der Waals surface area contributed by atoms with Gasteiger partial charge >= 0.3 is 0 Å². The van der Waals surface area contributed by atoms with Gasteiger partial charge in [0, 0.05) is 37.6 Å². The van der Waals surface area contributed by atoms with Crippen molar-refractivity contribution in [2.24, 2.45) is 16.3 Å². The zero-order valence-electron chi connectivity index (χ0n) is 13.6. The van der Waals surface area contributed by atoms with E-state index in [9.17, 15) is 0 Å². The molecule has 0 saturated carbocycles. The summed E-state index contributed by atoms with van der Waals surface area (Å²) in [5.74, 6) is 1.70. The smallest absolute Gasteiger partial charge is 0.193 e. The molecule has 2 aliphatic rings. The number of hydrogen-bond donors (Lipinski definition) is 1. The minimum Gasteiger partial charge on any atom is -0.381 e. The van der Waals surface area contributed by atoms with Crippen LogP contribution in [0.2, 0.25) is 0 Å². The Morgan fingerprint density at radius 1 is 1.43 bits per heavy atom. The lowest BCUT2D eigenvalue weighted by atomic mass is 9.89. The van der Waals surface area contributed by atoms with Crippen molar-refractivity contribution >= 4 is 29.9 Å². The zero-order valence-corrected chi connectivity index (χ0v) is 15.9. The van der Waals surface area contributed by atoms with Crippen LogP contribution in [0.4, 0.5) is 0 Å². The minimum absolute atomic E-state index is 0. The Balaban J connectivity index is 0.00000220. The Labute approximate surface area is 145 Å². The first-order chi connectivity index (χ1) is 9.67. The highest BCUT2D eigenvalue weighted by molar-refractivity contribution is 14.0. The molecule has 2 rings (SSSR count). The molecular weight excluding hydrogens is 381 g/mol. The van der Waals surface area contributed by atoms with E-state index in [4.69, 9.17) is 14.5 Å². The largest absolute Gasteiger partial charge is 0.381 e. The second-order valence-electron chi connectivity index (χ2n) is 6.23. The number of nitrogens with one attached hydrogen (secondary N) is 1. The Morgan fingerprint density at radius 3 is 2.76 bits per heavy atom. The van der Waals surface area contributed by atoms with Crippen molar-refractivity contribution in [1.82, 2.24) is 10.2 Å². The first-order valence-corrected chi connectivity index (χ1v) is 7.85. The number of halogens is 1. The first-order valence-electron chi connectivity index (χ1n) is 7.85. The Kier molecular flexibility index (Phi) is 8.26. The van der Waals surface area contributed by atoms with Crippen molar-refractivity contribution in [3.63, 3.8) is 0 Å². The molecule has 124 valence electrons. The average Bonchev–Trinajstić information content (AvgIpc) is 2.87. The monoisotopic (exact) mass is 411 g/mol. The van der Waals surface area contributed by atoms with Crippen LogP contribution >= 0.6 is 24.0 Å². The summed E-state index contributed by atoms with van der Waals surface area (Å²) in [5, 5.41) is 3.42. The third kappa shape index (κ3) is 5.56.